The highest BCUT2D eigenvalue weighted by molar-refractivity contribution is 7.99. The molecular weight excluding hydrogens is 1440 g/mol. The fourth-order valence-electron chi connectivity index (χ4n) is 18.5. The van der Waals surface area contributed by atoms with Gasteiger partial charge in [0.1, 0.15) is 97.3 Å². The molecule has 6 heterocycles. The van der Waals surface area contributed by atoms with Crippen LogP contribution >= 0.6 is 11.8 Å². The van der Waals surface area contributed by atoms with E-state index in [1.807, 2.05) is 13.0 Å². The number of ether oxygens (including phenoxy) is 11. The molecule has 5 aliphatic carbocycles. The number of esters is 1. The van der Waals surface area contributed by atoms with Crippen LogP contribution in [0.4, 0.5) is 0 Å². The first kappa shape index (κ1) is 89.8. The molecule has 11 aliphatic rings. The van der Waals surface area contributed by atoms with E-state index < -0.39 is 244 Å². The van der Waals surface area contributed by atoms with E-state index in [0.29, 0.717) is 24.4 Å². The maximum atomic E-state index is 13.4. The van der Waals surface area contributed by atoms with Gasteiger partial charge >= 0.3 is 5.97 Å². The monoisotopic (exact) mass is 1570 g/mol. The highest BCUT2D eigenvalue weighted by Crippen LogP contribution is 2.68. The van der Waals surface area contributed by atoms with Gasteiger partial charge in [0.05, 0.1) is 85.7 Å². The summed E-state index contributed by atoms with van der Waals surface area (Å²) in [6.45, 7) is 18.9. The number of carbonyl (C=O) groups is 2. The van der Waals surface area contributed by atoms with Crippen molar-refractivity contribution in [3.8, 4) is 0 Å². The predicted molar refractivity (Wildman–Crippen MR) is 386 cm³/mol. The second kappa shape index (κ2) is 37.9. The van der Waals surface area contributed by atoms with Crippen molar-refractivity contribution in [3.63, 3.8) is 0 Å². The smallest absolute Gasteiger partial charge is 0.316 e. The molecule has 11 rings (SSSR count). The molecule has 108 heavy (non-hydrogen) atoms. The van der Waals surface area contributed by atoms with Gasteiger partial charge in [-0.15, -0.1) is 18.3 Å². The van der Waals surface area contributed by atoms with Crippen molar-refractivity contribution in [1.82, 2.24) is 15.5 Å². The zero-order chi connectivity index (χ0) is 79.7. The summed E-state index contributed by atoms with van der Waals surface area (Å²) in [5, 5.41) is 141. The minimum atomic E-state index is -1.54. The molecule has 11 fully saturated rings. The van der Waals surface area contributed by atoms with Crippen molar-refractivity contribution in [2.45, 2.75) is 320 Å². The van der Waals surface area contributed by atoms with Gasteiger partial charge in [0.15, 0.2) is 37.7 Å². The number of Topliss-reactive ketones (excluding diaryl/α,β-unsaturated/α-hetero) is 1. The minimum Gasteiger partial charge on any atom is -0.461 e. The Kier molecular flexibility index (Phi) is 31.5. The van der Waals surface area contributed by atoms with E-state index in [4.69, 9.17) is 98.0 Å². The van der Waals surface area contributed by atoms with E-state index in [0.717, 1.165) is 44.6 Å². The van der Waals surface area contributed by atoms with Crippen molar-refractivity contribution in [1.29, 1.82) is 0 Å². The number of fused-ring (bicyclic) bond motifs is 2. The van der Waals surface area contributed by atoms with Gasteiger partial charge in [0.2, 0.25) is 0 Å². The Morgan fingerprint density at radius 1 is 0.583 bits per heavy atom. The Morgan fingerprint density at radius 3 is 1.45 bits per heavy atom. The average Bonchev–Trinajstić information content (AvgIpc) is 1.42. The number of likely N-dealkylation sites (N-methyl/N-ethyl adjacent to an activating group) is 2. The van der Waals surface area contributed by atoms with E-state index in [9.17, 15) is 76.0 Å². The van der Waals surface area contributed by atoms with Gasteiger partial charge in [0, 0.05) is 59.6 Å². The zero-order valence-corrected chi connectivity index (χ0v) is 64.0. The summed E-state index contributed by atoms with van der Waals surface area (Å²) in [6.07, 6.45) is -22.8. The predicted octanol–water partition coefficient (Wildman–Crippen LogP) is -8.93. The lowest BCUT2D eigenvalue weighted by atomic mass is 9.44. The Bertz CT molecular complexity index is 2750. The third-order valence-corrected chi connectivity index (χ3v) is 26.6. The van der Waals surface area contributed by atoms with Crippen molar-refractivity contribution in [3.05, 3.63) is 12.7 Å². The highest BCUT2D eigenvalue weighted by atomic mass is 32.2. The van der Waals surface area contributed by atoms with Crippen LogP contribution in [0, 0.1) is 34.0 Å². The van der Waals surface area contributed by atoms with Crippen LogP contribution in [0.5, 0.6) is 0 Å². The molecule has 37 nitrogen and oxygen atoms in total. The number of nitrogens with two attached hydrogens (primary N) is 8. The molecule has 31 N–H and O–H groups in total. The number of carbonyl (C=O) groups excluding carboxylic acids is 2. The Balaban J connectivity index is 0.000000187. The number of nitrogens with one attached hydrogen (secondary N) is 2. The van der Waals surface area contributed by atoms with Gasteiger partial charge in [-0.2, -0.15) is 0 Å². The average molecular weight is 1570 g/mol. The normalized spacial score (nSPS) is 51.0. The molecule has 0 radical (unpaired) electrons. The van der Waals surface area contributed by atoms with Crippen molar-refractivity contribution < 1.29 is 128 Å². The SMILES string of the molecule is C=C[C@]1(C)C[C@@H](OC(=O)CSCCN(CC)CC)[C@@]2(C)C(C)CC[C@]3(CCC(=O)[C@H]32)[C@@H](C)[C@@H]1O.CN[C@@H]1[C@@H](O[C@H]2O[C@H](CO)[C@@H](N)[C@H](O)[C@H]2O)O[C@H]2C[C@@H](N)[C@@H](O[C@H]3[C@H](O)[C@@H](O)[C@H](N)C[C@@H]3N)O[C@@H]2[C@@H]1O.CN[C@@H]1[C@@H](O[C@H]2O[C@H](CO)[C@@H](N)[C@H](O)[C@H]2O)O[C@H]2C[C@@H](N)[C@@H](O[C@H]3[C@H](O)[C@@H](O)[C@H](N)C[C@@H]3N)O[C@@H]2[C@@H]1O. The first-order valence-corrected chi connectivity index (χ1v) is 39.4. The standard InChI is InChI=1S/C28H47NO4S.2C21H41N5O11/c1-8-26(6)17-22(33-23(31)18-34-16-15-29(9-2)10-3)27(7)19(4)11-13-28(20(5)25(26)32)14-12-21(30)24(27)28;2*1-26-11-14(30)18-8(33-20(11)37-21-16(32)13(29)10(25)9(4-27)34-21)3-7(24)19(36-18)35-17-6(23)2-5(22)12(28)15(17)31/h8,19-20,22,24-25,32H,1,9-18H2,2-7H3;2*5-21,26-32H,2-4,22-25H2,1H3/t19?,20-,22+,24-,25-,26+,27+,28-;2*5-,6+,7-,8+,9-,10-,11+,12+,13+,14-,15-,16-,17-,18+,19+,20-,21-/m011/s1. The van der Waals surface area contributed by atoms with Crippen LogP contribution in [0.15, 0.2) is 12.7 Å². The van der Waals surface area contributed by atoms with Crippen LogP contribution in [-0.4, -0.2) is 362 Å². The topological polar surface area (TPSA) is 634 Å². The Labute approximate surface area is 635 Å². The molecule has 6 aliphatic heterocycles. The van der Waals surface area contributed by atoms with Gasteiger partial charge < -0.3 is 180 Å². The van der Waals surface area contributed by atoms with E-state index in [2.05, 4.69) is 56.7 Å². The van der Waals surface area contributed by atoms with Gasteiger partial charge in [0.25, 0.3) is 0 Å². The molecule has 0 spiro atoms. The summed E-state index contributed by atoms with van der Waals surface area (Å²) in [5.74, 6) is 1.37. The molecular formula is C70H129N11O26S. The molecule has 6 saturated heterocycles. The van der Waals surface area contributed by atoms with E-state index in [1.54, 1.807) is 25.9 Å². The van der Waals surface area contributed by atoms with E-state index in [-0.39, 0.29) is 54.8 Å². The maximum Gasteiger partial charge on any atom is 0.316 e. The van der Waals surface area contributed by atoms with Gasteiger partial charge in [-0.1, -0.05) is 47.6 Å². The number of ketones is 1. The first-order valence-electron chi connectivity index (χ1n) is 38.3. The Morgan fingerprint density at radius 2 is 1.04 bits per heavy atom. The summed E-state index contributed by atoms with van der Waals surface area (Å²) in [6, 6.07) is -8.10. The number of hydrogen-bond acceptors (Lipinski definition) is 38. The van der Waals surface area contributed by atoms with E-state index in [1.165, 1.54) is 0 Å². The molecule has 0 aromatic rings. The van der Waals surface area contributed by atoms with Gasteiger partial charge in [-0.25, -0.2) is 0 Å². The molecule has 0 amide bonds. The van der Waals surface area contributed by atoms with Crippen LogP contribution in [0.3, 0.4) is 0 Å². The first-order chi connectivity index (χ1) is 50.9. The number of aliphatic hydroxyl groups is 13. The van der Waals surface area contributed by atoms with Crippen LogP contribution in [-0.2, 0) is 61.7 Å². The summed E-state index contributed by atoms with van der Waals surface area (Å²) in [7, 11) is 3.11. The number of aliphatic hydroxyl groups excluding tert-OH is 13. The molecule has 38 heteroatoms. The lowest BCUT2D eigenvalue weighted by molar-refractivity contribution is -0.373. The lowest BCUT2D eigenvalue weighted by Gasteiger charge is -2.61. The quantitative estimate of drug-likeness (QED) is 0.0288. The van der Waals surface area contributed by atoms with Crippen LogP contribution < -0.4 is 56.5 Å². The molecule has 5 saturated carbocycles. The van der Waals surface area contributed by atoms with Gasteiger partial charge in [-0.3, -0.25) is 9.59 Å². The molecule has 626 valence electrons. The zero-order valence-electron chi connectivity index (χ0n) is 63.2. The highest BCUT2D eigenvalue weighted by Gasteiger charge is 2.69. The molecule has 2 bridgehead atoms. The van der Waals surface area contributed by atoms with Crippen LogP contribution in [0.1, 0.15) is 99.3 Å². The largest absolute Gasteiger partial charge is 0.461 e. The second-order valence-corrected chi connectivity index (χ2v) is 33.3. The Hall–Kier alpha value is -2.13. The minimum absolute atomic E-state index is 0.00828. The summed E-state index contributed by atoms with van der Waals surface area (Å²) in [5.41, 5.74) is 46.7. The number of rotatable bonds is 21. The number of hydrogen-bond donors (Lipinski definition) is 23. The summed E-state index contributed by atoms with van der Waals surface area (Å²) in [4.78, 5) is 28.9. The third kappa shape index (κ3) is 18.3. The maximum absolute atomic E-state index is 13.4. The second-order valence-electron chi connectivity index (χ2n) is 32.2. The fourth-order valence-corrected chi connectivity index (χ4v) is 19.3. The lowest BCUT2D eigenvalue weighted by Crippen LogP contribution is -2.70. The van der Waals surface area contributed by atoms with Crippen molar-refractivity contribution in [2.24, 2.45) is 79.9 Å². The van der Waals surface area contributed by atoms with Gasteiger partial charge in [-0.05, 0) is 95.8 Å². The molecule has 0 aromatic carbocycles. The third-order valence-electron chi connectivity index (χ3n) is 25.7. The summed E-state index contributed by atoms with van der Waals surface area (Å²) < 4.78 is 64.7. The molecule has 42 atom stereocenters. The number of thioether (sulfide) groups is 1. The number of nitrogens with zero attached hydrogens (tertiary/aromatic N) is 1. The molecule has 0 aromatic heterocycles. The molecule has 1 unspecified atom stereocenters. The van der Waals surface area contributed by atoms with Crippen LogP contribution in [0.25, 0.3) is 0 Å². The summed E-state index contributed by atoms with van der Waals surface area (Å²) >= 11 is 1.61. The van der Waals surface area contributed by atoms with E-state index >= 15 is 0 Å². The van der Waals surface area contributed by atoms with Crippen molar-refractivity contribution >= 4 is 23.5 Å². The van der Waals surface area contributed by atoms with Crippen LogP contribution in [0.2, 0.25) is 0 Å². The van der Waals surface area contributed by atoms with Crippen molar-refractivity contribution in [2.75, 3.05) is 58.4 Å². The fraction of sp³-hybridized carbons (Fsp3) is 0.943.